The Labute approximate surface area is 168 Å². The Morgan fingerprint density at radius 1 is 0.857 bits per heavy atom. The molecule has 0 bridgehead atoms. The molecule has 0 heterocycles. The maximum Gasteiger partial charge on any atom is 0.242 e. The molecule has 28 heavy (non-hydrogen) atoms. The van der Waals surface area contributed by atoms with Crippen molar-refractivity contribution in [1.29, 1.82) is 0 Å². The molecule has 0 radical (unpaired) electrons. The van der Waals surface area contributed by atoms with Crippen LogP contribution in [0.2, 0.25) is 0 Å². The predicted molar refractivity (Wildman–Crippen MR) is 114 cm³/mol. The third kappa shape index (κ3) is 8.38. The average molecular weight is 381 g/mol. The van der Waals surface area contributed by atoms with Crippen LogP contribution < -0.4 is 10.6 Å². The smallest absolute Gasteiger partial charge is 0.242 e. The monoisotopic (exact) mass is 380 g/mol. The Morgan fingerprint density at radius 3 is 2.14 bits per heavy atom. The summed E-state index contributed by atoms with van der Waals surface area (Å²) in [4.78, 5) is 25.0. The Balaban J connectivity index is 1.88. The second-order valence-electron chi connectivity index (χ2n) is 7.15. The third-order valence-corrected chi connectivity index (χ3v) is 4.75. The van der Waals surface area contributed by atoms with Crippen molar-refractivity contribution >= 4 is 11.8 Å². The molecule has 0 fully saturated rings. The summed E-state index contributed by atoms with van der Waals surface area (Å²) in [5, 5.41) is 5.92. The lowest BCUT2D eigenvalue weighted by Crippen LogP contribution is -2.48. The minimum absolute atomic E-state index is 0.0461. The van der Waals surface area contributed by atoms with Crippen molar-refractivity contribution in [2.24, 2.45) is 0 Å². The topological polar surface area (TPSA) is 58.2 Å². The number of carbonyl (C=O) groups excluding carboxylic acids is 2. The van der Waals surface area contributed by atoms with Gasteiger partial charge in [0.15, 0.2) is 0 Å². The van der Waals surface area contributed by atoms with Gasteiger partial charge < -0.3 is 10.6 Å². The maximum absolute atomic E-state index is 12.7. The molecule has 0 aromatic heterocycles. The molecule has 4 heteroatoms. The number of unbranched alkanes of at least 4 members (excludes halogenated alkanes) is 3. The van der Waals surface area contributed by atoms with Gasteiger partial charge in [-0.3, -0.25) is 9.59 Å². The molecule has 0 aliphatic carbocycles. The normalized spacial score (nSPS) is 11.6. The summed E-state index contributed by atoms with van der Waals surface area (Å²) in [6.07, 6.45) is 5.95. The molecule has 2 aromatic rings. The van der Waals surface area contributed by atoms with Crippen LogP contribution in [0.4, 0.5) is 0 Å². The first-order valence-corrected chi connectivity index (χ1v) is 10.3. The second-order valence-corrected chi connectivity index (χ2v) is 7.15. The Hall–Kier alpha value is -2.62. The van der Waals surface area contributed by atoms with Crippen molar-refractivity contribution in [2.45, 2.75) is 57.9 Å². The zero-order chi connectivity index (χ0) is 20.0. The largest absolute Gasteiger partial charge is 0.354 e. The molecule has 0 saturated carbocycles. The van der Waals surface area contributed by atoms with Gasteiger partial charge in [0.1, 0.15) is 6.04 Å². The van der Waals surface area contributed by atoms with Crippen molar-refractivity contribution in [3.8, 4) is 0 Å². The lowest BCUT2D eigenvalue weighted by molar-refractivity contribution is -0.129. The van der Waals surface area contributed by atoms with E-state index in [1.54, 1.807) is 0 Å². The molecule has 4 nitrogen and oxygen atoms in total. The number of rotatable bonds is 12. The van der Waals surface area contributed by atoms with Crippen LogP contribution in [0.15, 0.2) is 60.7 Å². The van der Waals surface area contributed by atoms with Gasteiger partial charge in [-0.1, -0.05) is 86.8 Å². The van der Waals surface area contributed by atoms with Gasteiger partial charge in [-0.05, 0) is 24.0 Å². The molecular formula is C24H32N2O2. The van der Waals surface area contributed by atoms with E-state index in [1.165, 1.54) is 5.56 Å². The van der Waals surface area contributed by atoms with Crippen LogP contribution in [0, 0.1) is 0 Å². The number of nitrogens with one attached hydrogen (secondary N) is 2. The van der Waals surface area contributed by atoms with E-state index in [2.05, 4.69) is 17.6 Å². The van der Waals surface area contributed by atoms with Crippen LogP contribution in [0.5, 0.6) is 0 Å². The molecule has 150 valence electrons. The van der Waals surface area contributed by atoms with E-state index in [4.69, 9.17) is 0 Å². The standard InChI is InChI=1S/C24H32N2O2/c1-2-3-4-11-16-23(27)26-22(19-21-14-9-6-10-15-21)24(28)25-18-17-20-12-7-5-8-13-20/h5-10,12-15,22H,2-4,11,16-19H2,1H3,(H,25,28)(H,26,27). The molecule has 2 aromatic carbocycles. The van der Waals surface area contributed by atoms with Gasteiger partial charge in [0.05, 0.1) is 0 Å². The van der Waals surface area contributed by atoms with Gasteiger partial charge in [-0.25, -0.2) is 0 Å². The van der Waals surface area contributed by atoms with Crippen LogP contribution in [0.3, 0.4) is 0 Å². The molecule has 0 aliphatic heterocycles. The van der Waals surface area contributed by atoms with Gasteiger partial charge in [0, 0.05) is 19.4 Å². The molecule has 1 atom stereocenters. The van der Waals surface area contributed by atoms with E-state index in [0.717, 1.165) is 37.7 Å². The van der Waals surface area contributed by atoms with Crippen LogP contribution in [0.25, 0.3) is 0 Å². The molecule has 0 spiro atoms. The minimum Gasteiger partial charge on any atom is -0.354 e. The molecule has 2 rings (SSSR count). The summed E-state index contributed by atoms with van der Waals surface area (Å²) in [5.41, 5.74) is 2.22. The zero-order valence-corrected chi connectivity index (χ0v) is 16.8. The van der Waals surface area contributed by atoms with Gasteiger partial charge in [0.25, 0.3) is 0 Å². The summed E-state index contributed by atoms with van der Waals surface area (Å²) in [5.74, 6) is -0.170. The van der Waals surface area contributed by atoms with E-state index < -0.39 is 6.04 Å². The Bertz CT molecular complexity index is 701. The highest BCUT2D eigenvalue weighted by Crippen LogP contribution is 2.06. The molecule has 1 unspecified atom stereocenters. The molecule has 2 amide bonds. The highest BCUT2D eigenvalue weighted by Gasteiger charge is 2.20. The predicted octanol–water partition coefficient (Wildman–Crippen LogP) is 4.04. The fourth-order valence-electron chi connectivity index (χ4n) is 3.14. The maximum atomic E-state index is 12.7. The summed E-state index contributed by atoms with van der Waals surface area (Å²) < 4.78 is 0. The van der Waals surface area contributed by atoms with Gasteiger partial charge >= 0.3 is 0 Å². The van der Waals surface area contributed by atoms with Crippen molar-refractivity contribution < 1.29 is 9.59 Å². The van der Waals surface area contributed by atoms with Crippen molar-refractivity contribution in [2.75, 3.05) is 6.54 Å². The van der Waals surface area contributed by atoms with Crippen LogP contribution in [0.1, 0.15) is 50.2 Å². The first-order valence-electron chi connectivity index (χ1n) is 10.3. The number of benzene rings is 2. The van der Waals surface area contributed by atoms with E-state index >= 15 is 0 Å². The Morgan fingerprint density at radius 2 is 1.50 bits per heavy atom. The third-order valence-electron chi connectivity index (χ3n) is 4.75. The van der Waals surface area contributed by atoms with E-state index in [9.17, 15) is 9.59 Å². The number of amides is 2. The van der Waals surface area contributed by atoms with Crippen LogP contribution in [-0.2, 0) is 22.4 Å². The quantitative estimate of drug-likeness (QED) is 0.546. The van der Waals surface area contributed by atoms with Crippen molar-refractivity contribution in [3.05, 3.63) is 71.8 Å². The molecular weight excluding hydrogens is 348 g/mol. The fourth-order valence-corrected chi connectivity index (χ4v) is 3.14. The van der Waals surface area contributed by atoms with Gasteiger partial charge in [-0.15, -0.1) is 0 Å². The number of hydrogen-bond acceptors (Lipinski definition) is 2. The molecule has 2 N–H and O–H groups in total. The summed E-state index contributed by atoms with van der Waals surface area (Å²) >= 11 is 0. The van der Waals surface area contributed by atoms with E-state index in [0.29, 0.717) is 19.4 Å². The van der Waals surface area contributed by atoms with Crippen molar-refractivity contribution in [3.63, 3.8) is 0 Å². The summed E-state index contributed by atoms with van der Waals surface area (Å²) in [6, 6.07) is 19.3. The number of carbonyl (C=O) groups is 2. The highest BCUT2D eigenvalue weighted by atomic mass is 16.2. The second kappa shape index (κ2) is 12.7. The highest BCUT2D eigenvalue weighted by molar-refractivity contribution is 5.87. The fraction of sp³-hybridized carbons (Fsp3) is 0.417. The lowest BCUT2D eigenvalue weighted by Gasteiger charge is -2.19. The SMILES string of the molecule is CCCCCCC(=O)NC(Cc1ccccc1)C(=O)NCCc1ccccc1. The first-order chi connectivity index (χ1) is 13.7. The summed E-state index contributed by atoms with van der Waals surface area (Å²) in [7, 11) is 0. The molecule has 0 saturated heterocycles. The summed E-state index contributed by atoms with van der Waals surface area (Å²) in [6.45, 7) is 2.70. The van der Waals surface area contributed by atoms with E-state index in [1.807, 2.05) is 60.7 Å². The molecule has 0 aliphatic rings. The van der Waals surface area contributed by atoms with Crippen molar-refractivity contribution in [1.82, 2.24) is 10.6 Å². The average Bonchev–Trinajstić information content (AvgIpc) is 2.72. The van der Waals surface area contributed by atoms with Crippen LogP contribution in [-0.4, -0.2) is 24.4 Å². The van der Waals surface area contributed by atoms with Gasteiger partial charge in [0.2, 0.25) is 11.8 Å². The number of hydrogen-bond donors (Lipinski definition) is 2. The zero-order valence-electron chi connectivity index (χ0n) is 16.8. The Kier molecular flexibility index (Phi) is 9.84. The lowest BCUT2D eigenvalue weighted by atomic mass is 10.0. The van der Waals surface area contributed by atoms with Crippen LogP contribution >= 0.6 is 0 Å². The minimum atomic E-state index is -0.545. The van der Waals surface area contributed by atoms with E-state index in [-0.39, 0.29) is 11.8 Å². The van der Waals surface area contributed by atoms with Gasteiger partial charge in [-0.2, -0.15) is 0 Å². The first kappa shape index (κ1) is 21.7.